The normalized spacial score (nSPS) is 26.1. The molecule has 2 heterocycles. The van der Waals surface area contributed by atoms with Crippen LogP contribution in [0, 0.1) is 0 Å². The van der Waals surface area contributed by atoms with E-state index in [0.717, 1.165) is 0 Å². The van der Waals surface area contributed by atoms with Crippen molar-refractivity contribution in [1.29, 1.82) is 0 Å². The van der Waals surface area contributed by atoms with Crippen molar-refractivity contribution in [3.8, 4) is 0 Å². The van der Waals surface area contributed by atoms with E-state index in [9.17, 15) is 0 Å². The Balaban J connectivity index is 1.97. The highest BCUT2D eigenvalue weighted by Gasteiger charge is 2.33. The van der Waals surface area contributed by atoms with Gasteiger partial charge in [-0.1, -0.05) is 12.1 Å². The third-order valence-corrected chi connectivity index (χ3v) is 4.60. The molecule has 2 aliphatic rings. The topological polar surface area (TPSA) is 29.0 Å². The summed E-state index contributed by atoms with van der Waals surface area (Å²) in [4.78, 5) is 0. The number of hydrogen-bond donors (Lipinski definition) is 2. The van der Waals surface area contributed by atoms with Crippen molar-refractivity contribution in [2.45, 2.75) is 31.2 Å². The third-order valence-electron chi connectivity index (χ3n) is 4.60. The van der Waals surface area contributed by atoms with Crippen molar-refractivity contribution in [2.75, 3.05) is 19.0 Å². The van der Waals surface area contributed by atoms with Gasteiger partial charge in [-0.3, -0.25) is 4.68 Å². The van der Waals surface area contributed by atoms with Gasteiger partial charge in [-0.05, 0) is 43.0 Å². The molecule has 0 bridgehead atoms. The first kappa shape index (κ1) is 10.4. The number of fused-ring (bicyclic) bond motifs is 2. The van der Waals surface area contributed by atoms with Gasteiger partial charge in [0.1, 0.15) is 0 Å². The Morgan fingerprint density at radius 2 is 2.33 bits per heavy atom. The van der Waals surface area contributed by atoms with E-state index in [1.165, 1.54) is 42.3 Å². The van der Waals surface area contributed by atoms with Crippen LogP contribution in [0.2, 0.25) is 0 Å². The van der Waals surface area contributed by atoms with E-state index in [-0.39, 0.29) is 0 Å². The lowest BCUT2D eigenvalue weighted by Crippen LogP contribution is -2.43. The Labute approximate surface area is 107 Å². The molecule has 0 radical (unpaired) electrons. The highest BCUT2D eigenvalue weighted by Crippen LogP contribution is 2.41. The highest BCUT2D eigenvalue weighted by atomic mass is 15.4. The van der Waals surface area contributed by atoms with Gasteiger partial charge < -0.3 is 10.7 Å². The maximum atomic E-state index is 3.70. The Hall–Kier alpha value is -1.48. The number of rotatable bonds is 1. The van der Waals surface area contributed by atoms with Crippen molar-refractivity contribution < 1.29 is 0 Å². The summed E-state index contributed by atoms with van der Waals surface area (Å²) < 4.78 is 2.16. The summed E-state index contributed by atoms with van der Waals surface area (Å²) in [5.41, 5.74) is 7.63. The Kier molecular flexibility index (Phi) is 2.18. The largest absolute Gasteiger partial charge is 0.329 e. The van der Waals surface area contributed by atoms with E-state index < -0.39 is 0 Å². The average Bonchev–Trinajstić information content (AvgIpc) is 2.79. The molecule has 3 nitrogen and oxygen atoms in total. The summed E-state index contributed by atoms with van der Waals surface area (Å²) in [6, 6.07) is 7.39. The summed E-state index contributed by atoms with van der Waals surface area (Å²) in [5, 5.41) is 5.20. The van der Waals surface area contributed by atoms with E-state index in [1.54, 1.807) is 5.56 Å². The second-order valence-corrected chi connectivity index (χ2v) is 5.50. The fourth-order valence-electron chi connectivity index (χ4n) is 3.82. The SMILES string of the molecule is CNn1cc2c3c(cccc31)[C@H]1CCCN[C@@H]1C2. The van der Waals surface area contributed by atoms with Crippen molar-refractivity contribution in [2.24, 2.45) is 0 Å². The van der Waals surface area contributed by atoms with Crippen LogP contribution in [0.25, 0.3) is 10.9 Å². The van der Waals surface area contributed by atoms with Crippen LogP contribution in [0.3, 0.4) is 0 Å². The summed E-state index contributed by atoms with van der Waals surface area (Å²) in [5.74, 6) is 0.711. The minimum Gasteiger partial charge on any atom is -0.329 e. The van der Waals surface area contributed by atoms with Gasteiger partial charge >= 0.3 is 0 Å². The number of hydrogen-bond acceptors (Lipinski definition) is 2. The van der Waals surface area contributed by atoms with Crippen LogP contribution < -0.4 is 10.7 Å². The molecule has 2 atom stereocenters. The zero-order chi connectivity index (χ0) is 12.1. The summed E-state index contributed by atoms with van der Waals surface area (Å²) in [7, 11) is 1.99. The van der Waals surface area contributed by atoms with Crippen LogP contribution in [0.1, 0.15) is 29.9 Å². The van der Waals surface area contributed by atoms with Crippen LogP contribution in [0.15, 0.2) is 24.4 Å². The van der Waals surface area contributed by atoms with Crippen LogP contribution in [-0.4, -0.2) is 24.3 Å². The lowest BCUT2D eigenvalue weighted by atomic mass is 9.76. The van der Waals surface area contributed by atoms with Crippen LogP contribution in [-0.2, 0) is 6.42 Å². The summed E-state index contributed by atoms with van der Waals surface area (Å²) in [6.45, 7) is 1.18. The molecule has 0 amide bonds. The molecule has 1 aliphatic heterocycles. The number of piperidine rings is 1. The Bertz CT molecular complexity index is 599. The zero-order valence-electron chi connectivity index (χ0n) is 10.7. The molecule has 0 saturated carbocycles. The predicted molar refractivity (Wildman–Crippen MR) is 74.7 cm³/mol. The maximum Gasteiger partial charge on any atom is 0.0698 e. The molecule has 1 aromatic heterocycles. The molecule has 2 N–H and O–H groups in total. The standard InChI is InChI=1S/C15H19N3/c1-16-18-9-10-8-13-11(5-3-7-17-13)12-4-2-6-14(18)15(10)12/h2,4,6,9,11,13,16-17H,3,5,7-8H2,1H3/t11-,13-/m1/s1. The predicted octanol–water partition coefficient (Wildman–Crippen LogP) is 2.21. The van der Waals surface area contributed by atoms with E-state index in [1.807, 2.05) is 7.05 Å². The van der Waals surface area contributed by atoms with Crippen LogP contribution in [0.4, 0.5) is 0 Å². The van der Waals surface area contributed by atoms with Gasteiger partial charge in [-0.2, -0.15) is 0 Å². The second kappa shape index (κ2) is 3.75. The highest BCUT2D eigenvalue weighted by molar-refractivity contribution is 5.89. The fourth-order valence-corrected chi connectivity index (χ4v) is 3.82. The maximum absolute atomic E-state index is 3.70. The van der Waals surface area contributed by atoms with Gasteiger partial charge in [0, 0.05) is 30.6 Å². The molecule has 0 unspecified atom stereocenters. The first-order valence-corrected chi connectivity index (χ1v) is 6.92. The summed E-state index contributed by atoms with van der Waals surface area (Å²) in [6.07, 6.45) is 6.08. The molecule has 1 aromatic carbocycles. The fraction of sp³-hybridized carbons (Fsp3) is 0.467. The minimum absolute atomic E-state index is 0.643. The van der Waals surface area contributed by atoms with Crippen molar-refractivity contribution >= 4 is 10.9 Å². The smallest absolute Gasteiger partial charge is 0.0698 e. The molecular weight excluding hydrogens is 222 g/mol. The monoisotopic (exact) mass is 241 g/mol. The van der Waals surface area contributed by atoms with Gasteiger partial charge in [0.05, 0.1) is 5.52 Å². The minimum atomic E-state index is 0.643. The number of benzene rings is 1. The third kappa shape index (κ3) is 1.28. The molecule has 1 fully saturated rings. The number of nitrogens with zero attached hydrogens (tertiary/aromatic N) is 1. The molecule has 1 saturated heterocycles. The van der Waals surface area contributed by atoms with Crippen molar-refractivity contribution in [3.05, 3.63) is 35.5 Å². The summed E-state index contributed by atoms with van der Waals surface area (Å²) >= 11 is 0. The first-order valence-electron chi connectivity index (χ1n) is 6.92. The number of aromatic nitrogens is 1. The van der Waals surface area contributed by atoms with Gasteiger partial charge in [0.2, 0.25) is 0 Å². The van der Waals surface area contributed by atoms with E-state index >= 15 is 0 Å². The zero-order valence-corrected chi connectivity index (χ0v) is 10.7. The van der Waals surface area contributed by atoms with E-state index in [2.05, 4.69) is 39.8 Å². The molecule has 18 heavy (non-hydrogen) atoms. The van der Waals surface area contributed by atoms with Crippen molar-refractivity contribution in [1.82, 2.24) is 9.99 Å². The molecule has 1 aliphatic carbocycles. The second-order valence-electron chi connectivity index (χ2n) is 5.50. The molecule has 3 heteroatoms. The lowest BCUT2D eigenvalue weighted by Gasteiger charge is -2.36. The van der Waals surface area contributed by atoms with Gasteiger partial charge in [-0.15, -0.1) is 0 Å². The van der Waals surface area contributed by atoms with Gasteiger partial charge in [-0.25, -0.2) is 0 Å². The first-order chi connectivity index (χ1) is 8.88. The molecule has 0 spiro atoms. The molecule has 94 valence electrons. The number of nitrogens with one attached hydrogen (secondary N) is 2. The quantitative estimate of drug-likeness (QED) is 0.801. The van der Waals surface area contributed by atoms with Crippen LogP contribution >= 0.6 is 0 Å². The van der Waals surface area contributed by atoms with Gasteiger partial charge in [0.25, 0.3) is 0 Å². The lowest BCUT2D eigenvalue weighted by molar-refractivity contribution is 0.345. The average molecular weight is 241 g/mol. The van der Waals surface area contributed by atoms with Crippen LogP contribution in [0.5, 0.6) is 0 Å². The van der Waals surface area contributed by atoms with Crippen molar-refractivity contribution in [3.63, 3.8) is 0 Å². The van der Waals surface area contributed by atoms with Gasteiger partial charge in [0.15, 0.2) is 0 Å². The Morgan fingerprint density at radius 3 is 3.22 bits per heavy atom. The molecular formula is C15H19N3. The van der Waals surface area contributed by atoms with E-state index in [0.29, 0.717) is 12.0 Å². The Morgan fingerprint density at radius 1 is 1.39 bits per heavy atom. The van der Waals surface area contributed by atoms with E-state index in [4.69, 9.17) is 0 Å². The molecule has 4 rings (SSSR count). The molecule has 2 aromatic rings.